The molecule has 0 aromatic carbocycles. The molecule has 0 saturated heterocycles. The fraction of sp³-hybridized carbons (Fsp3) is 0.267. The molecule has 0 radical (unpaired) electrons. The number of nitrogens with zero attached hydrogens (tertiary/aromatic N) is 4. The predicted octanol–water partition coefficient (Wildman–Crippen LogP) is 4.12. The number of halogens is 6. The van der Waals surface area contributed by atoms with Crippen molar-refractivity contribution in [3.8, 4) is 11.4 Å². The molecule has 154 valence electrons. The van der Waals surface area contributed by atoms with Crippen LogP contribution in [0.15, 0.2) is 28.2 Å². The zero-order chi connectivity index (χ0) is 21.4. The standard InChI is InChI=1S/C15H9F6N5O2S/c1-6(23-11(27)13-24-9(5-29-13)15(19,20)21)12-25-10(26-28-12)7-2-3-22-8(4-7)14(16,17)18/h2-6H,1H3,(H,23,27)/t6-/m0/s1. The third-order valence-electron chi connectivity index (χ3n) is 3.46. The summed E-state index contributed by atoms with van der Waals surface area (Å²) in [7, 11) is 0. The largest absolute Gasteiger partial charge is 0.434 e. The Labute approximate surface area is 161 Å². The molecule has 0 spiro atoms. The molecule has 3 rings (SSSR count). The van der Waals surface area contributed by atoms with Crippen LogP contribution < -0.4 is 5.32 Å². The number of pyridine rings is 1. The van der Waals surface area contributed by atoms with E-state index in [2.05, 4.69) is 25.4 Å². The molecule has 0 aliphatic carbocycles. The summed E-state index contributed by atoms with van der Waals surface area (Å²) in [5.41, 5.74) is -2.36. The van der Waals surface area contributed by atoms with Gasteiger partial charge in [0.05, 0.1) is 0 Å². The number of hydrogen-bond acceptors (Lipinski definition) is 7. The maximum absolute atomic E-state index is 12.7. The van der Waals surface area contributed by atoms with Gasteiger partial charge in [-0.05, 0) is 19.1 Å². The zero-order valence-electron chi connectivity index (χ0n) is 14.2. The van der Waals surface area contributed by atoms with Crippen molar-refractivity contribution in [2.75, 3.05) is 0 Å². The van der Waals surface area contributed by atoms with Crippen molar-refractivity contribution in [1.82, 2.24) is 25.4 Å². The molecule has 1 amide bonds. The number of thiazole rings is 1. The van der Waals surface area contributed by atoms with Gasteiger partial charge in [-0.15, -0.1) is 11.3 Å². The zero-order valence-corrected chi connectivity index (χ0v) is 15.0. The molecule has 3 heterocycles. The third-order valence-corrected chi connectivity index (χ3v) is 4.30. The highest BCUT2D eigenvalue weighted by atomic mass is 32.1. The lowest BCUT2D eigenvalue weighted by Crippen LogP contribution is -2.27. The number of carbonyl (C=O) groups excluding carboxylic acids is 1. The Morgan fingerprint density at radius 2 is 1.83 bits per heavy atom. The molecule has 0 aliphatic heterocycles. The van der Waals surface area contributed by atoms with E-state index < -0.39 is 40.7 Å². The molecular weight excluding hydrogens is 428 g/mol. The molecule has 0 unspecified atom stereocenters. The summed E-state index contributed by atoms with van der Waals surface area (Å²) in [5.74, 6) is -1.24. The summed E-state index contributed by atoms with van der Waals surface area (Å²) in [6.07, 6.45) is -8.41. The van der Waals surface area contributed by atoms with E-state index in [0.717, 1.165) is 12.3 Å². The molecule has 1 atom stereocenters. The number of alkyl halides is 6. The van der Waals surface area contributed by atoms with Gasteiger partial charge in [0.2, 0.25) is 11.7 Å². The number of aromatic nitrogens is 4. The van der Waals surface area contributed by atoms with Crippen LogP contribution in [0.2, 0.25) is 0 Å². The maximum atomic E-state index is 12.7. The van der Waals surface area contributed by atoms with Gasteiger partial charge in [-0.2, -0.15) is 31.3 Å². The Hall–Kier alpha value is -3.03. The van der Waals surface area contributed by atoms with Crippen molar-refractivity contribution >= 4 is 17.2 Å². The van der Waals surface area contributed by atoms with E-state index in [1.54, 1.807) is 0 Å². The van der Waals surface area contributed by atoms with Crippen LogP contribution in [0.5, 0.6) is 0 Å². The molecule has 0 bridgehead atoms. The fourth-order valence-corrected chi connectivity index (χ4v) is 2.81. The number of carbonyl (C=O) groups is 1. The average Bonchev–Trinajstić information content (AvgIpc) is 3.30. The lowest BCUT2D eigenvalue weighted by atomic mass is 10.2. The summed E-state index contributed by atoms with van der Waals surface area (Å²) in [6, 6.07) is 1.03. The summed E-state index contributed by atoms with van der Waals surface area (Å²) in [6.45, 7) is 1.40. The fourth-order valence-electron chi connectivity index (χ4n) is 2.08. The molecule has 0 fully saturated rings. The summed E-state index contributed by atoms with van der Waals surface area (Å²) in [5, 5.41) is 6.16. The predicted molar refractivity (Wildman–Crippen MR) is 85.5 cm³/mol. The minimum absolute atomic E-state index is 0.0180. The van der Waals surface area contributed by atoms with Gasteiger partial charge in [0.15, 0.2) is 10.7 Å². The molecule has 1 N–H and O–H groups in total. The van der Waals surface area contributed by atoms with Crippen molar-refractivity contribution in [3.05, 3.63) is 46.0 Å². The first kappa shape index (κ1) is 20.7. The van der Waals surface area contributed by atoms with Gasteiger partial charge in [0, 0.05) is 17.1 Å². The second-order valence-corrected chi connectivity index (χ2v) is 6.47. The van der Waals surface area contributed by atoms with Crippen LogP contribution in [-0.4, -0.2) is 26.0 Å². The first-order chi connectivity index (χ1) is 13.4. The van der Waals surface area contributed by atoms with Gasteiger partial charge < -0.3 is 9.84 Å². The second-order valence-electron chi connectivity index (χ2n) is 5.61. The summed E-state index contributed by atoms with van der Waals surface area (Å²) in [4.78, 5) is 22.4. The van der Waals surface area contributed by atoms with Crippen molar-refractivity contribution < 1.29 is 35.7 Å². The number of hydrogen-bond donors (Lipinski definition) is 1. The third kappa shape index (κ3) is 4.70. The second kappa shape index (κ2) is 7.42. The van der Waals surface area contributed by atoms with Crippen molar-refractivity contribution in [3.63, 3.8) is 0 Å². The molecular formula is C15H9F6N5O2S. The lowest BCUT2D eigenvalue weighted by molar-refractivity contribution is -0.141. The van der Waals surface area contributed by atoms with Crippen LogP contribution >= 0.6 is 11.3 Å². The van der Waals surface area contributed by atoms with Gasteiger partial charge in [-0.25, -0.2) is 4.98 Å². The van der Waals surface area contributed by atoms with Crippen LogP contribution in [0.4, 0.5) is 26.3 Å². The summed E-state index contributed by atoms with van der Waals surface area (Å²) >= 11 is 0.504. The van der Waals surface area contributed by atoms with E-state index in [0.29, 0.717) is 16.7 Å². The Bertz CT molecular complexity index is 1030. The number of nitrogens with one attached hydrogen (secondary N) is 1. The number of rotatable bonds is 4. The van der Waals surface area contributed by atoms with Gasteiger partial charge in [-0.1, -0.05) is 5.16 Å². The van der Waals surface area contributed by atoms with Crippen LogP contribution in [-0.2, 0) is 12.4 Å². The normalized spacial score (nSPS) is 13.3. The van der Waals surface area contributed by atoms with Crippen LogP contribution in [0.3, 0.4) is 0 Å². The molecule has 3 aromatic rings. The highest BCUT2D eigenvalue weighted by Crippen LogP contribution is 2.31. The molecule has 7 nitrogen and oxygen atoms in total. The van der Waals surface area contributed by atoms with E-state index in [1.165, 1.54) is 13.0 Å². The SMILES string of the molecule is C[C@H](NC(=O)c1nc(C(F)(F)F)cs1)c1nc(-c2ccnc(C(F)(F)F)c2)no1. The van der Waals surface area contributed by atoms with Crippen molar-refractivity contribution in [2.45, 2.75) is 25.3 Å². The molecule has 0 aliphatic rings. The maximum Gasteiger partial charge on any atom is 0.434 e. The van der Waals surface area contributed by atoms with Gasteiger partial charge in [-0.3, -0.25) is 9.78 Å². The van der Waals surface area contributed by atoms with E-state index in [1.807, 2.05) is 0 Å². The first-order valence-corrected chi connectivity index (χ1v) is 8.54. The Kier molecular flexibility index (Phi) is 5.30. The Morgan fingerprint density at radius 3 is 2.45 bits per heavy atom. The van der Waals surface area contributed by atoms with E-state index in [4.69, 9.17) is 4.52 Å². The quantitative estimate of drug-likeness (QED) is 0.618. The minimum atomic E-state index is -4.68. The van der Waals surface area contributed by atoms with E-state index >= 15 is 0 Å². The molecule has 29 heavy (non-hydrogen) atoms. The molecule has 14 heteroatoms. The average molecular weight is 437 g/mol. The first-order valence-electron chi connectivity index (χ1n) is 7.66. The van der Waals surface area contributed by atoms with Crippen molar-refractivity contribution in [1.29, 1.82) is 0 Å². The molecule has 3 aromatic heterocycles. The molecule has 0 saturated carbocycles. The van der Waals surface area contributed by atoms with Gasteiger partial charge in [0.25, 0.3) is 5.91 Å². The highest BCUT2D eigenvalue weighted by molar-refractivity contribution is 7.11. The minimum Gasteiger partial charge on any atom is -0.338 e. The monoisotopic (exact) mass is 437 g/mol. The van der Waals surface area contributed by atoms with E-state index in [9.17, 15) is 31.1 Å². The Morgan fingerprint density at radius 1 is 1.14 bits per heavy atom. The van der Waals surface area contributed by atoms with Crippen LogP contribution in [0, 0.1) is 0 Å². The van der Waals surface area contributed by atoms with Gasteiger partial charge >= 0.3 is 12.4 Å². The summed E-state index contributed by atoms with van der Waals surface area (Å²) < 4.78 is 80.9. The lowest BCUT2D eigenvalue weighted by Gasteiger charge is -2.07. The Balaban J connectivity index is 1.73. The van der Waals surface area contributed by atoms with Crippen LogP contribution in [0.1, 0.15) is 40.0 Å². The smallest absolute Gasteiger partial charge is 0.338 e. The number of amides is 1. The van der Waals surface area contributed by atoms with Gasteiger partial charge in [0.1, 0.15) is 11.7 Å². The van der Waals surface area contributed by atoms with Crippen molar-refractivity contribution in [2.24, 2.45) is 0 Å². The van der Waals surface area contributed by atoms with Crippen LogP contribution in [0.25, 0.3) is 11.4 Å². The van der Waals surface area contributed by atoms with E-state index in [-0.39, 0.29) is 17.3 Å². The topological polar surface area (TPSA) is 93.8 Å². The highest BCUT2D eigenvalue weighted by Gasteiger charge is 2.35.